The summed E-state index contributed by atoms with van der Waals surface area (Å²) in [5, 5.41) is 4.02. The molecule has 124 valence electrons. The van der Waals surface area contributed by atoms with E-state index in [2.05, 4.69) is 35.0 Å². The number of fused-ring (bicyclic) bond motifs is 1. The number of rotatable bonds is 6. The Morgan fingerprint density at radius 2 is 2.00 bits per heavy atom. The van der Waals surface area contributed by atoms with Gasteiger partial charge in [-0.1, -0.05) is 18.1 Å². The summed E-state index contributed by atoms with van der Waals surface area (Å²) in [5.74, 6) is 3.07. The fourth-order valence-corrected chi connectivity index (χ4v) is 2.56. The van der Waals surface area contributed by atoms with Crippen molar-refractivity contribution in [3.8, 4) is 11.5 Å². The van der Waals surface area contributed by atoms with Crippen molar-refractivity contribution >= 4 is 0 Å². The Labute approximate surface area is 136 Å². The molecule has 1 aliphatic rings. The van der Waals surface area contributed by atoms with Crippen LogP contribution in [0.15, 0.2) is 22.7 Å². The van der Waals surface area contributed by atoms with Crippen LogP contribution in [-0.2, 0) is 13.0 Å². The zero-order valence-corrected chi connectivity index (χ0v) is 13.9. The molecule has 3 rings (SSSR count). The van der Waals surface area contributed by atoms with Gasteiger partial charge in [0.05, 0.1) is 6.04 Å². The molecule has 1 aliphatic heterocycles. The quantitative estimate of drug-likeness (QED) is 0.816. The average molecular weight is 317 g/mol. The van der Waals surface area contributed by atoms with E-state index in [9.17, 15) is 0 Å². The van der Waals surface area contributed by atoms with E-state index < -0.39 is 0 Å². The molecule has 0 aliphatic carbocycles. The zero-order valence-electron chi connectivity index (χ0n) is 13.9. The molecule has 0 fully saturated rings. The maximum absolute atomic E-state index is 5.64. The minimum absolute atomic E-state index is 0.0568. The van der Waals surface area contributed by atoms with Crippen LogP contribution in [0.3, 0.4) is 0 Å². The van der Waals surface area contributed by atoms with E-state index in [-0.39, 0.29) is 6.04 Å². The van der Waals surface area contributed by atoms with Gasteiger partial charge in [0.15, 0.2) is 17.3 Å². The maximum Gasteiger partial charge on any atom is 0.243 e. The first kappa shape index (κ1) is 15.8. The van der Waals surface area contributed by atoms with E-state index >= 15 is 0 Å². The molecular formula is C17H23N3O3. The molecular weight excluding hydrogens is 294 g/mol. The molecule has 0 spiro atoms. The molecule has 0 saturated carbocycles. The number of aryl methyl sites for hydroxylation is 1. The Kier molecular flexibility index (Phi) is 4.81. The monoisotopic (exact) mass is 317 g/mol. The van der Waals surface area contributed by atoms with Crippen molar-refractivity contribution in [1.82, 2.24) is 15.0 Å². The predicted octanol–water partition coefficient (Wildman–Crippen LogP) is 2.99. The van der Waals surface area contributed by atoms with Crippen molar-refractivity contribution in [2.45, 2.75) is 39.3 Å². The van der Waals surface area contributed by atoms with Crippen LogP contribution >= 0.6 is 0 Å². The summed E-state index contributed by atoms with van der Waals surface area (Å²) in [6.07, 6.45) is 1.86. The molecule has 1 aromatic carbocycles. The molecule has 23 heavy (non-hydrogen) atoms. The number of benzene rings is 1. The summed E-state index contributed by atoms with van der Waals surface area (Å²) in [6, 6.07) is 6.12. The summed E-state index contributed by atoms with van der Waals surface area (Å²) in [5.41, 5.74) is 1.16. The molecule has 0 saturated heterocycles. The van der Waals surface area contributed by atoms with Crippen LogP contribution in [0.2, 0.25) is 0 Å². The second kappa shape index (κ2) is 7.00. The van der Waals surface area contributed by atoms with Gasteiger partial charge in [-0.2, -0.15) is 4.98 Å². The predicted molar refractivity (Wildman–Crippen MR) is 85.6 cm³/mol. The lowest BCUT2D eigenvalue weighted by atomic mass is 10.1. The standard InChI is InChI=1S/C17H23N3O3/c1-4-5-16-18-17(23-19-16)12(2)20(3)11-13-6-7-14-15(10-13)22-9-8-21-14/h6-7,10,12H,4-5,8-9,11H2,1-3H3/t12-/m1/s1. The molecule has 2 heterocycles. The van der Waals surface area contributed by atoms with E-state index in [4.69, 9.17) is 14.0 Å². The molecule has 1 atom stereocenters. The number of hydrogen-bond acceptors (Lipinski definition) is 6. The third-order valence-corrected chi connectivity index (χ3v) is 4.01. The highest BCUT2D eigenvalue weighted by Crippen LogP contribution is 2.31. The fraction of sp³-hybridized carbons (Fsp3) is 0.529. The largest absolute Gasteiger partial charge is 0.486 e. The summed E-state index contributed by atoms with van der Waals surface area (Å²) >= 11 is 0. The molecule has 0 unspecified atom stereocenters. The highest BCUT2D eigenvalue weighted by atomic mass is 16.6. The molecule has 0 bridgehead atoms. The van der Waals surface area contributed by atoms with Gasteiger partial charge in [-0.25, -0.2) is 0 Å². The van der Waals surface area contributed by atoms with Gasteiger partial charge in [0, 0.05) is 13.0 Å². The maximum atomic E-state index is 5.64. The van der Waals surface area contributed by atoms with Crippen LogP contribution in [0.5, 0.6) is 11.5 Å². The van der Waals surface area contributed by atoms with Gasteiger partial charge in [0.25, 0.3) is 0 Å². The number of ether oxygens (including phenoxy) is 2. The summed E-state index contributed by atoms with van der Waals surface area (Å²) in [7, 11) is 2.05. The van der Waals surface area contributed by atoms with Crippen LogP contribution in [0, 0.1) is 0 Å². The lowest BCUT2D eigenvalue weighted by molar-refractivity contribution is 0.170. The van der Waals surface area contributed by atoms with Gasteiger partial charge in [0.2, 0.25) is 5.89 Å². The smallest absolute Gasteiger partial charge is 0.243 e. The SMILES string of the molecule is CCCc1noc([C@@H](C)N(C)Cc2ccc3c(c2)OCCO3)n1. The Morgan fingerprint density at radius 3 is 2.78 bits per heavy atom. The Bertz CT molecular complexity index is 656. The first-order valence-electron chi connectivity index (χ1n) is 8.08. The van der Waals surface area contributed by atoms with Crippen LogP contribution in [0.1, 0.15) is 43.6 Å². The van der Waals surface area contributed by atoms with Crippen molar-refractivity contribution in [3.05, 3.63) is 35.5 Å². The highest BCUT2D eigenvalue weighted by molar-refractivity contribution is 5.43. The lowest BCUT2D eigenvalue weighted by Crippen LogP contribution is -2.22. The number of hydrogen-bond donors (Lipinski definition) is 0. The van der Waals surface area contributed by atoms with Crippen molar-refractivity contribution in [2.24, 2.45) is 0 Å². The summed E-state index contributed by atoms with van der Waals surface area (Å²) in [6.45, 7) is 6.16. The second-order valence-corrected chi connectivity index (χ2v) is 5.87. The number of aromatic nitrogens is 2. The molecule has 0 N–H and O–H groups in total. The minimum Gasteiger partial charge on any atom is -0.486 e. The lowest BCUT2D eigenvalue weighted by Gasteiger charge is -2.23. The molecule has 6 nitrogen and oxygen atoms in total. The molecule has 0 radical (unpaired) electrons. The van der Waals surface area contributed by atoms with Crippen molar-refractivity contribution in [2.75, 3.05) is 20.3 Å². The van der Waals surface area contributed by atoms with E-state index in [0.29, 0.717) is 19.1 Å². The number of nitrogens with zero attached hydrogens (tertiary/aromatic N) is 3. The summed E-state index contributed by atoms with van der Waals surface area (Å²) in [4.78, 5) is 6.64. The average Bonchev–Trinajstić information content (AvgIpc) is 3.03. The van der Waals surface area contributed by atoms with Gasteiger partial charge in [0.1, 0.15) is 13.2 Å². The van der Waals surface area contributed by atoms with E-state index in [1.807, 2.05) is 19.2 Å². The molecule has 0 amide bonds. The minimum atomic E-state index is 0.0568. The van der Waals surface area contributed by atoms with E-state index in [1.54, 1.807) is 0 Å². The molecule has 6 heteroatoms. The van der Waals surface area contributed by atoms with Crippen LogP contribution in [-0.4, -0.2) is 35.3 Å². The zero-order chi connectivity index (χ0) is 16.2. The topological polar surface area (TPSA) is 60.6 Å². The molecule has 1 aromatic heterocycles. The van der Waals surface area contributed by atoms with Gasteiger partial charge < -0.3 is 14.0 Å². The van der Waals surface area contributed by atoms with Crippen LogP contribution < -0.4 is 9.47 Å². The van der Waals surface area contributed by atoms with Crippen molar-refractivity contribution < 1.29 is 14.0 Å². The first-order valence-corrected chi connectivity index (χ1v) is 8.08. The Hall–Kier alpha value is -2.08. The highest BCUT2D eigenvalue weighted by Gasteiger charge is 2.20. The van der Waals surface area contributed by atoms with Gasteiger partial charge in [-0.3, -0.25) is 4.90 Å². The fourth-order valence-electron chi connectivity index (χ4n) is 2.56. The van der Waals surface area contributed by atoms with E-state index in [0.717, 1.165) is 42.3 Å². The molecule has 2 aromatic rings. The van der Waals surface area contributed by atoms with Gasteiger partial charge in [-0.05, 0) is 38.1 Å². The van der Waals surface area contributed by atoms with E-state index in [1.165, 1.54) is 0 Å². The van der Waals surface area contributed by atoms with Crippen molar-refractivity contribution in [1.29, 1.82) is 0 Å². The Balaban J connectivity index is 1.66. The normalized spacial score (nSPS) is 15.0. The Morgan fingerprint density at radius 1 is 1.22 bits per heavy atom. The summed E-state index contributed by atoms with van der Waals surface area (Å²) < 4.78 is 16.6. The second-order valence-electron chi connectivity index (χ2n) is 5.87. The first-order chi connectivity index (χ1) is 11.2. The van der Waals surface area contributed by atoms with Crippen LogP contribution in [0.25, 0.3) is 0 Å². The van der Waals surface area contributed by atoms with Crippen molar-refractivity contribution in [3.63, 3.8) is 0 Å². The third-order valence-electron chi connectivity index (χ3n) is 4.01. The van der Waals surface area contributed by atoms with Crippen LogP contribution in [0.4, 0.5) is 0 Å². The third kappa shape index (κ3) is 3.64. The van der Waals surface area contributed by atoms with Gasteiger partial charge in [-0.15, -0.1) is 0 Å². The van der Waals surface area contributed by atoms with Gasteiger partial charge >= 0.3 is 0 Å².